The van der Waals surface area contributed by atoms with Gasteiger partial charge in [0.1, 0.15) is 48.3 Å². The summed E-state index contributed by atoms with van der Waals surface area (Å²) in [5.74, 6) is -10.7. The lowest BCUT2D eigenvalue weighted by atomic mass is 9.95. The zero-order chi connectivity index (χ0) is 68.4. The van der Waals surface area contributed by atoms with Gasteiger partial charge in [-0.1, -0.05) is 124 Å². The van der Waals surface area contributed by atoms with Crippen LogP contribution in [0.25, 0.3) is 0 Å². The van der Waals surface area contributed by atoms with E-state index in [9.17, 15) is 63.0 Å². The van der Waals surface area contributed by atoms with Crippen LogP contribution < -0.4 is 49.1 Å². The summed E-state index contributed by atoms with van der Waals surface area (Å²) in [5.41, 5.74) is 17.1. The van der Waals surface area contributed by atoms with Gasteiger partial charge < -0.3 is 74.0 Å². The molecule has 10 amide bonds. The molecule has 2 fully saturated rings. The molecule has 0 aromatic heterocycles. The van der Waals surface area contributed by atoms with Crippen molar-refractivity contribution in [1.82, 2.24) is 46.6 Å². The molecule has 3 rings (SSSR count). The summed E-state index contributed by atoms with van der Waals surface area (Å²) >= 11 is 12.7. The van der Waals surface area contributed by atoms with Crippen LogP contribution in [0.3, 0.4) is 0 Å². The number of hydrogen-bond acceptors (Lipinski definition) is 13. The number of aliphatic imine (C=N–C) groups is 1. The van der Waals surface area contributed by atoms with E-state index in [4.69, 9.17) is 40.4 Å². The van der Waals surface area contributed by atoms with Crippen LogP contribution in [0.15, 0.2) is 23.2 Å². The number of β-amino-alcohol motifs (C(OH)–C–C–N with tert-alkyl or cyclic N) is 1. The van der Waals surface area contributed by atoms with Crippen molar-refractivity contribution in [2.75, 3.05) is 33.2 Å². The predicted octanol–water partition coefficient (Wildman–Crippen LogP) is 3.03. The van der Waals surface area contributed by atoms with E-state index < -0.39 is 132 Å². The van der Waals surface area contributed by atoms with E-state index in [1.54, 1.807) is 50.8 Å². The highest BCUT2D eigenvalue weighted by Gasteiger charge is 2.46. The van der Waals surface area contributed by atoms with Crippen LogP contribution in [-0.4, -0.2) is 184 Å². The molecule has 1 aromatic rings. The number of aliphatic carboxylic acids is 1. The minimum atomic E-state index is -1.82. The molecule has 1 aromatic carbocycles. The first-order valence-electron chi connectivity index (χ1n) is 32.1. The van der Waals surface area contributed by atoms with Gasteiger partial charge in [0.05, 0.1) is 28.5 Å². The number of hydrogen-bond donors (Lipinski definition) is 11. The molecule has 11 atom stereocenters. The number of carboxylic acid groups (broad SMARTS) is 1. The topological polar surface area (TPSA) is 401 Å². The molecule has 26 nitrogen and oxygen atoms in total. The van der Waals surface area contributed by atoms with Crippen LogP contribution in [-0.2, 0) is 59.2 Å². The zero-order valence-corrected chi connectivity index (χ0v) is 56.3. The van der Waals surface area contributed by atoms with Gasteiger partial charge in [-0.3, -0.25) is 57.7 Å². The molecule has 91 heavy (non-hydrogen) atoms. The number of carbonyl (C=O) groups excluding carboxylic acids is 10. The summed E-state index contributed by atoms with van der Waals surface area (Å²) in [6.45, 7) is 16.8. The fourth-order valence-electron chi connectivity index (χ4n) is 11.2. The van der Waals surface area contributed by atoms with Gasteiger partial charge in [-0.05, 0) is 92.7 Å². The Kier molecular flexibility index (Phi) is 33.5. The van der Waals surface area contributed by atoms with Crippen molar-refractivity contribution in [3.8, 4) is 0 Å². The van der Waals surface area contributed by atoms with E-state index in [2.05, 4.69) is 43.8 Å². The summed E-state index contributed by atoms with van der Waals surface area (Å²) in [7, 11) is 1.30. The largest absolute Gasteiger partial charge is 0.481 e. The number of nitrogens with one attached hydrogen (secondary N) is 6. The van der Waals surface area contributed by atoms with Gasteiger partial charge in [0.15, 0.2) is 5.96 Å². The summed E-state index contributed by atoms with van der Waals surface area (Å²) in [6, 6.07) is -6.16. The van der Waals surface area contributed by atoms with Gasteiger partial charge in [-0.15, -0.1) is 0 Å². The number of unbranched alkanes of at least 4 members (excludes halogenated alkanes) is 4. The fourth-order valence-corrected chi connectivity index (χ4v) is 11.6. The second-order valence-electron chi connectivity index (χ2n) is 25.7. The lowest BCUT2D eigenvalue weighted by Gasteiger charge is -2.35. The molecule has 0 unspecified atom stereocenters. The van der Waals surface area contributed by atoms with Crippen molar-refractivity contribution in [2.45, 2.75) is 226 Å². The van der Waals surface area contributed by atoms with E-state index >= 15 is 0 Å². The van der Waals surface area contributed by atoms with Gasteiger partial charge in [-0.2, -0.15) is 0 Å². The third-order valence-electron chi connectivity index (χ3n) is 16.4. The first kappa shape index (κ1) is 78.4. The molecule has 0 bridgehead atoms. The number of rotatable bonds is 38. The molecule has 0 saturated carbocycles. The Morgan fingerprint density at radius 2 is 1.27 bits per heavy atom. The molecule has 14 N–H and O–H groups in total. The molecular weight excluding hydrogens is 1220 g/mol. The van der Waals surface area contributed by atoms with Crippen LogP contribution in [0.1, 0.15) is 171 Å². The van der Waals surface area contributed by atoms with Crippen LogP contribution in [0.4, 0.5) is 0 Å². The van der Waals surface area contributed by atoms with E-state index in [-0.39, 0.29) is 104 Å². The highest BCUT2D eigenvalue weighted by molar-refractivity contribution is 6.42. The minimum Gasteiger partial charge on any atom is -0.481 e. The number of likely N-dealkylation sites (tertiary alicyclic amines) is 2. The minimum absolute atomic E-state index is 0.0255. The molecule has 2 heterocycles. The summed E-state index contributed by atoms with van der Waals surface area (Å²) < 4.78 is 0. The Labute approximate surface area is 546 Å². The number of aliphatic hydroxyl groups excluding tert-OH is 1. The zero-order valence-electron chi connectivity index (χ0n) is 54.8. The summed E-state index contributed by atoms with van der Waals surface area (Å²) in [4.78, 5) is 161. The van der Waals surface area contributed by atoms with Gasteiger partial charge in [0.25, 0.3) is 0 Å². The van der Waals surface area contributed by atoms with Crippen LogP contribution in [0.5, 0.6) is 0 Å². The molecule has 2 saturated heterocycles. The second-order valence-corrected chi connectivity index (χ2v) is 26.5. The van der Waals surface area contributed by atoms with Crippen LogP contribution >= 0.6 is 23.2 Å². The predicted molar refractivity (Wildman–Crippen MR) is 346 cm³/mol. The number of benzene rings is 1. The SMILES string of the molecule is CCCCCCCC(=O)N1CCC[C@H](C(=O)N[C@@H](Cc2ccc(Cl)c(Cl)c2)C(=O)N[C@@H](CC(C)C)C(=O)N[C@@H](CC(C)C)C(=O)N2C[C@H](O)C[C@H]2C(=O)N(C)[C@@H](CC(C)C)C(=O)N[C@@H](CC(=O)O)C(=O)N[C@@H](CCCN=C(N)N)C(=O)N[C@H](C(N)=O)[C@@H](C)CC)C1. The normalized spacial score (nSPS) is 18.4. The van der Waals surface area contributed by atoms with Crippen molar-refractivity contribution >= 4 is 94.2 Å². The quantitative estimate of drug-likeness (QED) is 0.0258. The number of carbonyl (C=O) groups is 11. The molecule has 512 valence electrons. The van der Waals surface area contributed by atoms with Gasteiger partial charge in [0, 0.05) is 52.5 Å². The summed E-state index contributed by atoms with van der Waals surface area (Å²) in [6.07, 6.45) is 4.40. The van der Waals surface area contributed by atoms with Crippen molar-refractivity contribution in [3.63, 3.8) is 0 Å². The average molecular weight is 1320 g/mol. The number of guanidine groups is 1. The summed E-state index contributed by atoms with van der Waals surface area (Å²) in [5, 5.41) is 37.7. The molecule has 2 aliphatic rings. The van der Waals surface area contributed by atoms with Crippen molar-refractivity contribution in [2.24, 2.45) is 51.8 Å². The monoisotopic (exact) mass is 1320 g/mol. The molecular formula is C63H103Cl2N13O13. The Bertz CT molecular complexity index is 2680. The number of amides is 10. The van der Waals surface area contributed by atoms with Gasteiger partial charge in [0.2, 0.25) is 59.1 Å². The van der Waals surface area contributed by atoms with Crippen molar-refractivity contribution in [1.29, 1.82) is 0 Å². The Morgan fingerprint density at radius 1 is 0.692 bits per heavy atom. The number of carboxylic acids is 1. The fraction of sp³-hybridized carbons (Fsp3) is 0.714. The van der Waals surface area contributed by atoms with Crippen LogP contribution in [0.2, 0.25) is 10.0 Å². The standard InChI is InChI=1S/C63H103Cl2N13O13/c1-11-13-14-15-16-21-51(80)77-25-18-19-40(33-77)55(84)71-46(30-39-22-23-42(64)43(65)29-39)58(87)72-45(26-35(3)4)57(86)74-48(27-36(5)6)61(90)78-34-41(79)31-50(78)62(91)76(10)49(28-37(7)8)60(89)73-47(32-52(81)82)59(88)70-44(20-17-24-69-63(67)68)56(85)75-53(54(66)83)38(9)12-2/h22-23,29,35-38,40-41,44-50,53,79H,11-21,24-28,30-34H2,1-10H3,(H2,66,83)(H,70,88)(H,71,84)(H,72,87)(H,73,89)(H,74,86)(H,75,85)(H,81,82)(H4,67,68,69)/t38-,40-,41+,44-,45-,46-,47-,48-,49-,50-,53-/m0/s1. The molecule has 0 aliphatic carbocycles. The van der Waals surface area contributed by atoms with Gasteiger partial charge >= 0.3 is 5.97 Å². The van der Waals surface area contributed by atoms with E-state index in [0.29, 0.717) is 37.8 Å². The number of piperidine rings is 1. The lowest BCUT2D eigenvalue weighted by molar-refractivity contribution is -0.149. The second kappa shape index (κ2) is 38.9. The van der Waals surface area contributed by atoms with Crippen molar-refractivity contribution < 1.29 is 63.0 Å². The number of primary amides is 1. The Hall–Kier alpha value is -6.80. The molecule has 28 heteroatoms. The molecule has 0 spiro atoms. The van der Waals surface area contributed by atoms with E-state index in [1.165, 1.54) is 7.05 Å². The number of aliphatic hydroxyl groups is 1. The maximum Gasteiger partial charge on any atom is 0.305 e. The Balaban J connectivity index is 1.93. The number of likely N-dealkylation sites (N-methyl/N-ethyl adjacent to an activating group) is 1. The number of halogens is 2. The van der Waals surface area contributed by atoms with Gasteiger partial charge in [-0.25, -0.2) is 0 Å². The number of nitrogens with zero attached hydrogens (tertiary/aromatic N) is 4. The van der Waals surface area contributed by atoms with Crippen LogP contribution in [0, 0.1) is 29.6 Å². The highest BCUT2D eigenvalue weighted by atomic mass is 35.5. The molecule has 0 radical (unpaired) electrons. The highest BCUT2D eigenvalue weighted by Crippen LogP contribution is 2.27. The average Bonchev–Trinajstić information content (AvgIpc) is 1.80. The number of nitrogens with two attached hydrogens (primary N) is 3. The van der Waals surface area contributed by atoms with Crippen molar-refractivity contribution in [3.05, 3.63) is 33.8 Å². The first-order chi connectivity index (χ1) is 42.8. The maximum atomic E-state index is 15.0. The van der Waals surface area contributed by atoms with E-state index in [1.807, 2.05) is 27.7 Å². The lowest BCUT2D eigenvalue weighted by Crippen LogP contribution is -2.61. The smallest absolute Gasteiger partial charge is 0.305 e. The molecule has 2 aliphatic heterocycles. The Morgan fingerprint density at radius 3 is 1.87 bits per heavy atom. The third kappa shape index (κ3) is 26.4. The first-order valence-corrected chi connectivity index (χ1v) is 32.9. The maximum absolute atomic E-state index is 15.0. The third-order valence-corrected chi connectivity index (χ3v) is 17.2. The van der Waals surface area contributed by atoms with E-state index in [0.717, 1.165) is 41.9 Å².